The second kappa shape index (κ2) is 8.82. The number of ether oxygens (including phenoxy) is 1. The molecule has 0 saturated carbocycles. The Morgan fingerprint density at radius 1 is 1.18 bits per heavy atom. The minimum absolute atomic E-state index is 0. The highest BCUT2D eigenvalue weighted by atomic mass is 127. The Morgan fingerprint density at radius 3 is 2.55 bits per heavy atom. The number of halogens is 1. The zero-order chi connectivity index (χ0) is 15.2. The van der Waals surface area contributed by atoms with Gasteiger partial charge in [0.05, 0.1) is 13.7 Å². The van der Waals surface area contributed by atoms with Gasteiger partial charge in [-0.05, 0) is 40.5 Å². The van der Waals surface area contributed by atoms with Crippen molar-refractivity contribution in [1.29, 1.82) is 0 Å². The van der Waals surface area contributed by atoms with Crippen molar-refractivity contribution in [3.63, 3.8) is 0 Å². The molecule has 2 aromatic rings. The van der Waals surface area contributed by atoms with Gasteiger partial charge in [-0.2, -0.15) is 0 Å². The minimum Gasteiger partial charge on any atom is -0.497 e. The van der Waals surface area contributed by atoms with Crippen LogP contribution in [0.3, 0.4) is 0 Å². The van der Waals surface area contributed by atoms with Crippen LogP contribution in [0.25, 0.3) is 10.8 Å². The first-order valence-electron chi connectivity index (χ1n) is 7.19. The van der Waals surface area contributed by atoms with Gasteiger partial charge in [0.25, 0.3) is 0 Å². The molecule has 0 aromatic heterocycles. The average Bonchev–Trinajstić information content (AvgIpc) is 2.50. The normalized spacial score (nSPS) is 11.4. The maximum atomic E-state index is 5.84. The van der Waals surface area contributed by atoms with Gasteiger partial charge in [-0.25, -0.2) is 4.99 Å². The molecule has 0 aliphatic carbocycles. The molecule has 0 unspecified atom stereocenters. The summed E-state index contributed by atoms with van der Waals surface area (Å²) in [6, 6.07) is 12.3. The number of nitrogens with one attached hydrogen (secondary N) is 1. The smallest absolute Gasteiger partial charge is 0.188 e. The first-order valence-corrected chi connectivity index (χ1v) is 7.19. The fourth-order valence-electron chi connectivity index (χ4n) is 2.04. The third-order valence-corrected chi connectivity index (χ3v) is 3.24. The van der Waals surface area contributed by atoms with Crippen molar-refractivity contribution in [2.24, 2.45) is 16.6 Å². The summed E-state index contributed by atoms with van der Waals surface area (Å²) in [6.45, 7) is 5.70. The van der Waals surface area contributed by atoms with Crippen molar-refractivity contribution in [2.45, 2.75) is 20.4 Å². The van der Waals surface area contributed by atoms with Gasteiger partial charge < -0.3 is 15.8 Å². The van der Waals surface area contributed by atoms with Crippen LogP contribution in [0.1, 0.15) is 19.4 Å². The molecule has 120 valence electrons. The van der Waals surface area contributed by atoms with Crippen molar-refractivity contribution in [2.75, 3.05) is 13.7 Å². The van der Waals surface area contributed by atoms with Crippen molar-refractivity contribution < 1.29 is 4.74 Å². The molecular formula is C17H24IN3O. The van der Waals surface area contributed by atoms with E-state index in [9.17, 15) is 0 Å². The van der Waals surface area contributed by atoms with E-state index in [2.05, 4.69) is 48.4 Å². The molecule has 0 aliphatic heterocycles. The van der Waals surface area contributed by atoms with Gasteiger partial charge in [-0.1, -0.05) is 32.0 Å². The number of benzene rings is 2. The van der Waals surface area contributed by atoms with Gasteiger partial charge in [0.1, 0.15) is 5.75 Å². The average molecular weight is 413 g/mol. The van der Waals surface area contributed by atoms with Crippen molar-refractivity contribution in [3.05, 3.63) is 42.0 Å². The molecular weight excluding hydrogens is 389 g/mol. The third-order valence-electron chi connectivity index (χ3n) is 3.24. The molecule has 0 fully saturated rings. The summed E-state index contributed by atoms with van der Waals surface area (Å²) >= 11 is 0. The standard InChI is InChI=1S/C17H23N3O.HI/c1-12(2)10-19-17(18)20-11-13-4-5-15-9-16(21-3)7-6-14(15)8-13;/h4-9,12H,10-11H2,1-3H3,(H3,18,19,20);1H. The van der Waals surface area contributed by atoms with Gasteiger partial charge in [-0.15, -0.1) is 24.0 Å². The SMILES string of the molecule is COc1ccc2cc(CN=C(N)NCC(C)C)ccc2c1.I. The van der Waals surface area contributed by atoms with Gasteiger partial charge >= 0.3 is 0 Å². The fraction of sp³-hybridized carbons (Fsp3) is 0.353. The molecule has 0 atom stereocenters. The number of hydrogen-bond donors (Lipinski definition) is 2. The van der Waals surface area contributed by atoms with E-state index in [0.717, 1.165) is 23.2 Å². The molecule has 0 amide bonds. The highest BCUT2D eigenvalue weighted by molar-refractivity contribution is 14.0. The second-order valence-corrected chi connectivity index (χ2v) is 5.52. The lowest BCUT2D eigenvalue weighted by Crippen LogP contribution is -2.34. The Hall–Kier alpha value is -1.50. The lowest BCUT2D eigenvalue weighted by atomic mass is 10.1. The molecule has 0 radical (unpaired) electrons. The highest BCUT2D eigenvalue weighted by Crippen LogP contribution is 2.22. The maximum absolute atomic E-state index is 5.84. The van der Waals surface area contributed by atoms with E-state index in [1.54, 1.807) is 7.11 Å². The summed E-state index contributed by atoms with van der Waals surface area (Å²) in [5, 5.41) is 5.45. The van der Waals surface area contributed by atoms with Crippen LogP contribution >= 0.6 is 24.0 Å². The summed E-state index contributed by atoms with van der Waals surface area (Å²) < 4.78 is 5.23. The second-order valence-electron chi connectivity index (χ2n) is 5.52. The van der Waals surface area contributed by atoms with E-state index in [1.807, 2.05) is 12.1 Å². The summed E-state index contributed by atoms with van der Waals surface area (Å²) in [4.78, 5) is 4.37. The predicted octanol–water partition coefficient (Wildman–Crippen LogP) is 3.53. The van der Waals surface area contributed by atoms with Crippen LogP contribution in [0.2, 0.25) is 0 Å². The molecule has 5 heteroatoms. The van der Waals surface area contributed by atoms with E-state index < -0.39 is 0 Å². The molecule has 0 spiro atoms. The van der Waals surface area contributed by atoms with Crippen LogP contribution in [0, 0.1) is 5.92 Å². The quantitative estimate of drug-likeness (QED) is 0.448. The molecule has 2 rings (SSSR count). The number of guanidine groups is 1. The van der Waals surface area contributed by atoms with Gasteiger partial charge in [0.2, 0.25) is 0 Å². The molecule has 0 aliphatic rings. The lowest BCUT2D eigenvalue weighted by Gasteiger charge is -2.08. The zero-order valence-corrected chi connectivity index (χ0v) is 15.6. The molecule has 22 heavy (non-hydrogen) atoms. The third kappa shape index (κ3) is 5.36. The fourth-order valence-corrected chi connectivity index (χ4v) is 2.04. The van der Waals surface area contributed by atoms with E-state index in [1.165, 1.54) is 5.39 Å². The number of nitrogens with two attached hydrogens (primary N) is 1. The van der Waals surface area contributed by atoms with Crippen molar-refractivity contribution >= 4 is 40.7 Å². The van der Waals surface area contributed by atoms with E-state index >= 15 is 0 Å². The lowest BCUT2D eigenvalue weighted by molar-refractivity contribution is 0.415. The maximum Gasteiger partial charge on any atom is 0.188 e. The Bertz CT molecular complexity index is 641. The Kier molecular flexibility index (Phi) is 7.44. The summed E-state index contributed by atoms with van der Waals surface area (Å²) in [5.41, 5.74) is 6.98. The van der Waals surface area contributed by atoms with E-state index in [-0.39, 0.29) is 24.0 Å². The first kappa shape index (κ1) is 18.5. The summed E-state index contributed by atoms with van der Waals surface area (Å²) in [6.07, 6.45) is 0. The van der Waals surface area contributed by atoms with Crippen LogP contribution in [-0.4, -0.2) is 19.6 Å². The summed E-state index contributed by atoms with van der Waals surface area (Å²) in [5.74, 6) is 1.92. The van der Waals surface area contributed by atoms with Gasteiger partial charge in [0, 0.05) is 6.54 Å². The van der Waals surface area contributed by atoms with E-state index in [0.29, 0.717) is 18.4 Å². The minimum atomic E-state index is 0. The highest BCUT2D eigenvalue weighted by Gasteiger charge is 2.00. The van der Waals surface area contributed by atoms with Crippen molar-refractivity contribution in [1.82, 2.24) is 5.32 Å². The predicted molar refractivity (Wildman–Crippen MR) is 104 cm³/mol. The Balaban J connectivity index is 0.00000242. The monoisotopic (exact) mass is 413 g/mol. The molecule has 2 aromatic carbocycles. The molecule has 0 saturated heterocycles. The number of nitrogens with zero attached hydrogens (tertiary/aromatic N) is 1. The Morgan fingerprint density at radius 2 is 1.86 bits per heavy atom. The van der Waals surface area contributed by atoms with Crippen LogP contribution in [0.5, 0.6) is 5.75 Å². The molecule has 0 bridgehead atoms. The molecule has 3 N–H and O–H groups in total. The molecule has 0 heterocycles. The number of methoxy groups -OCH3 is 1. The van der Waals surface area contributed by atoms with Gasteiger partial charge in [0.15, 0.2) is 5.96 Å². The topological polar surface area (TPSA) is 59.6 Å². The number of hydrogen-bond acceptors (Lipinski definition) is 2. The number of aliphatic imine (C=N–C) groups is 1. The van der Waals surface area contributed by atoms with Crippen LogP contribution in [-0.2, 0) is 6.54 Å². The van der Waals surface area contributed by atoms with Crippen molar-refractivity contribution in [3.8, 4) is 5.75 Å². The number of rotatable bonds is 5. The zero-order valence-electron chi connectivity index (χ0n) is 13.3. The molecule has 4 nitrogen and oxygen atoms in total. The number of fused-ring (bicyclic) bond motifs is 1. The van der Waals surface area contributed by atoms with Gasteiger partial charge in [-0.3, -0.25) is 0 Å². The Labute approximate surface area is 149 Å². The summed E-state index contributed by atoms with van der Waals surface area (Å²) in [7, 11) is 1.68. The first-order chi connectivity index (χ1) is 10.1. The van der Waals surface area contributed by atoms with Crippen LogP contribution in [0.4, 0.5) is 0 Å². The van der Waals surface area contributed by atoms with Crippen LogP contribution in [0.15, 0.2) is 41.4 Å². The van der Waals surface area contributed by atoms with Crippen LogP contribution < -0.4 is 15.8 Å². The largest absolute Gasteiger partial charge is 0.497 e. The van der Waals surface area contributed by atoms with E-state index in [4.69, 9.17) is 10.5 Å².